The third kappa shape index (κ3) is 3.41. The van der Waals surface area contributed by atoms with E-state index in [1.807, 2.05) is 48.5 Å². The molecular formula is C32H23N5O5. The quantitative estimate of drug-likeness (QED) is 0.169. The molecule has 0 radical (unpaired) electrons. The Hall–Kier alpha value is -5.51. The minimum atomic E-state index is -1.22. The van der Waals surface area contributed by atoms with Crippen LogP contribution in [-0.4, -0.2) is 33.8 Å². The molecular weight excluding hydrogens is 534 g/mol. The first-order valence-corrected chi connectivity index (χ1v) is 13.4. The first-order chi connectivity index (χ1) is 20.3. The van der Waals surface area contributed by atoms with Crippen LogP contribution >= 0.6 is 0 Å². The molecule has 8 rings (SSSR count). The smallest absolute Gasteiger partial charge is 0.274 e. The zero-order chi connectivity index (χ0) is 29.2. The van der Waals surface area contributed by atoms with Crippen molar-refractivity contribution < 1.29 is 19.3 Å². The van der Waals surface area contributed by atoms with E-state index in [0.29, 0.717) is 11.1 Å². The number of rotatable bonds is 5. The Bertz CT molecular complexity index is 1810. The Balaban J connectivity index is 1.42. The number of nitrogens with one attached hydrogen (secondary N) is 1. The van der Waals surface area contributed by atoms with Crippen LogP contribution in [0.3, 0.4) is 0 Å². The van der Waals surface area contributed by atoms with E-state index < -0.39 is 45.8 Å². The number of anilines is 1. The van der Waals surface area contributed by atoms with Gasteiger partial charge in [-0.1, -0.05) is 54.6 Å². The highest BCUT2D eigenvalue weighted by molar-refractivity contribution is 6.25. The highest BCUT2D eigenvalue weighted by Gasteiger charge is 2.68. The number of carbonyl (C=O) groups is 3. The number of hydrogen-bond acceptors (Lipinski definition) is 7. The number of benzene rings is 3. The van der Waals surface area contributed by atoms with Crippen LogP contribution in [0, 0.1) is 28.9 Å². The van der Waals surface area contributed by atoms with Gasteiger partial charge in [0.1, 0.15) is 5.69 Å². The molecule has 3 amide bonds. The van der Waals surface area contributed by atoms with Gasteiger partial charge in [-0.15, -0.1) is 0 Å². The van der Waals surface area contributed by atoms with Crippen molar-refractivity contribution in [2.75, 3.05) is 4.90 Å². The Kier molecular flexibility index (Phi) is 5.62. The third-order valence-corrected chi connectivity index (χ3v) is 8.63. The molecule has 2 atom stereocenters. The molecule has 1 saturated heterocycles. The number of aromatic nitrogens is 1. The minimum Gasteiger partial charge on any atom is -0.274 e. The standard InChI is InChI=1S/C32H23N5O5/c1-18-10-11-24(25(16-18)37(41)42)36-30(39)27-26-20-6-2-4-8-22(20)32(28(27)31(36)40,23-9-5-3-7-21(23)26)17-34-35-29(38)19-12-14-33-15-13-19/h2-17,26-28H,1H3,(H,35,38)/b34-17-/t26?,27-,28+,32?/m0/s1. The molecule has 2 heterocycles. The first-order valence-electron chi connectivity index (χ1n) is 13.4. The topological polar surface area (TPSA) is 135 Å². The summed E-state index contributed by atoms with van der Waals surface area (Å²) in [5.41, 5.74) is 5.33. The summed E-state index contributed by atoms with van der Waals surface area (Å²) in [6, 6.07) is 22.8. The molecule has 1 N–H and O–H groups in total. The summed E-state index contributed by atoms with van der Waals surface area (Å²) in [6.07, 6.45) is 4.55. The molecule has 10 nitrogen and oxygen atoms in total. The number of hydrogen-bond donors (Lipinski definition) is 1. The fraction of sp³-hybridized carbons (Fsp3) is 0.156. The Morgan fingerprint density at radius 2 is 1.62 bits per heavy atom. The maximum absolute atomic E-state index is 14.5. The number of carbonyl (C=O) groups excluding carboxylic acids is 3. The van der Waals surface area contributed by atoms with Crippen LogP contribution in [0.1, 0.15) is 44.1 Å². The lowest BCUT2D eigenvalue weighted by molar-refractivity contribution is -0.384. The van der Waals surface area contributed by atoms with Crippen molar-refractivity contribution in [3.8, 4) is 0 Å². The van der Waals surface area contributed by atoms with Crippen LogP contribution in [0.15, 0.2) is 96.4 Å². The van der Waals surface area contributed by atoms with Crippen LogP contribution in [-0.2, 0) is 15.0 Å². The summed E-state index contributed by atoms with van der Waals surface area (Å²) >= 11 is 0. The van der Waals surface area contributed by atoms with Crippen molar-refractivity contribution in [2.45, 2.75) is 18.3 Å². The summed E-state index contributed by atoms with van der Waals surface area (Å²) in [6.45, 7) is 1.71. The van der Waals surface area contributed by atoms with Gasteiger partial charge in [-0.05, 0) is 52.9 Å². The second-order valence-corrected chi connectivity index (χ2v) is 10.7. The molecule has 3 aromatic carbocycles. The summed E-state index contributed by atoms with van der Waals surface area (Å²) in [7, 11) is 0. The normalized spacial score (nSPS) is 23.5. The number of nitro benzene ring substituents is 1. The zero-order valence-corrected chi connectivity index (χ0v) is 22.3. The molecule has 4 aromatic rings. The van der Waals surface area contributed by atoms with Gasteiger partial charge in [0.25, 0.3) is 11.6 Å². The van der Waals surface area contributed by atoms with Crippen LogP contribution in [0.4, 0.5) is 11.4 Å². The molecule has 2 bridgehead atoms. The summed E-state index contributed by atoms with van der Waals surface area (Å²) in [5.74, 6) is -3.70. The Labute approximate surface area is 239 Å². The molecule has 3 aliphatic carbocycles. The van der Waals surface area contributed by atoms with E-state index in [1.54, 1.807) is 31.3 Å². The van der Waals surface area contributed by atoms with Gasteiger partial charge >= 0.3 is 0 Å². The van der Waals surface area contributed by atoms with Gasteiger partial charge < -0.3 is 0 Å². The largest absolute Gasteiger partial charge is 0.293 e. The highest BCUT2D eigenvalue weighted by Crippen LogP contribution is 2.63. The molecule has 206 valence electrons. The molecule has 10 heteroatoms. The van der Waals surface area contributed by atoms with Crippen LogP contribution in [0.5, 0.6) is 0 Å². The van der Waals surface area contributed by atoms with Crippen molar-refractivity contribution >= 4 is 35.3 Å². The van der Waals surface area contributed by atoms with Gasteiger partial charge in [0.15, 0.2) is 0 Å². The fourth-order valence-corrected chi connectivity index (χ4v) is 7.02. The second kappa shape index (κ2) is 9.27. The van der Waals surface area contributed by atoms with Gasteiger partial charge in [0.2, 0.25) is 11.8 Å². The Morgan fingerprint density at radius 3 is 2.26 bits per heavy atom. The predicted molar refractivity (Wildman–Crippen MR) is 153 cm³/mol. The van der Waals surface area contributed by atoms with Gasteiger partial charge in [-0.3, -0.25) is 29.5 Å². The molecule has 1 fully saturated rings. The molecule has 0 saturated carbocycles. The van der Waals surface area contributed by atoms with Crippen molar-refractivity contribution in [1.82, 2.24) is 10.4 Å². The van der Waals surface area contributed by atoms with Gasteiger partial charge in [0.05, 0.1) is 22.2 Å². The third-order valence-electron chi connectivity index (χ3n) is 8.63. The number of nitrogens with zero attached hydrogens (tertiary/aromatic N) is 4. The van der Waals surface area contributed by atoms with Gasteiger partial charge in [0, 0.05) is 36.2 Å². The first kappa shape index (κ1) is 25.5. The van der Waals surface area contributed by atoms with E-state index >= 15 is 0 Å². The SMILES string of the molecule is Cc1ccc(N2C(=O)[C@H]3C4c5ccccc5C(/C=N\NC(=O)c5ccncc5)(c5ccccc54)[C@H]3C2=O)c([N+](=O)[O-])c1. The second-order valence-electron chi connectivity index (χ2n) is 10.7. The minimum absolute atomic E-state index is 0.0550. The number of amides is 3. The number of pyridine rings is 1. The molecule has 42 heavy (non-hydrogen) atoms. The zero-order valence-electron chi connectivity index (χ0n) is 22.3. The van der Waals surface area contributed by atoms with Crippen molar-refractivity contribution in [1.29, 1.82) is 0 Å². The molecule has 4 aliphatic rings. The summed E-state index contributed by atoms with van der Waals surface area (Å²) < 4.78 is 0. The monoisotopic (exact) mass is 557 g/mol. The van der Waals surface area contributed by atoms with Crippen molar-refractivity contribution in [3.63, 3.8) is 0 Å². The average molecular weight is 558 g/mol. The Morgan fingerprint density at radius 1 is 0.976 bits per heavy atom. The number of hydrazone groups is 1. The maximum atomic E-state index is 14.5. The number of nitro groups is 1. The van der Waals surface area contributed by atoms with E-state index in [1.165, 1.54) is 24.5 Å². The lowest BCUT2D eigenvalue weighted by atomic mass is 9.47. The lowest BCUT2D eigenvalue weighted by Crippen LogP contribution is -2.54. The predicted octanol–water partition coefficient (Wildman–Crippen LogP) is 4.26. The number of imide groups is 1. The lowest BCUT2D eigenvalue weighted by Gasteiger charge is -2.52. The van der Waals surface area contributed by atoms with E-state index in [-0.39, 0.29) is 11.4 Å². The number of aryl methyl sites for hydroxylation is 1. The summed E-state index contributed by atoms with van der Waals surface area (Å²) in [4.78, 5) is 58.0. The fourth-order valence-electron chi connectivity index (χ4n) is 7.02. The molecule has 1 aliphatic heterocycles. The molecule has 1 aromatic heterocycles. The molecule has 0 unspecified atom stereocenters. The van der Waals surface area contributed by atoms with Crippen molar-refractivity contribution in [3.05, 3.63) is 135 Å². The van der Waals surface area contributed by atoms with Crippen LogP contribution in [0.2, 0.25) is 0 Å². The average Bonchev–Trinajstić information content (AvgIpc) is 3.28. The van der Waals surface area contributed by atoms with E-state index in [4.69, 9.17) is 0 Å². The van der Waals surface area contributed by atoms with E-state index in [9.17, 15) is 24.5 Å². The van der Waals surface area contributed by atoms with E-state index in [0.717, 1.165) is 27.2 Å². The van der Waals surface area contributed by atoms with Crippen LogP contribution in [0.25, 0.3) is 0 Å². The summed E-state index contributed by atoms with van der Waals surface area (Å²) in [5, 5.41) is 16.4. The molecule has 0 spiro atoms. The van der Waals surface area contributed by atoms with Crippen molar-refractivity contribution in [2.24, 2.45) is 16.9 Å². The van der Waals surface area contributed by atoms with Gasteiger partial charge in [-0.2, -0.15) is 5.10 Å². The maximum Gasteiger partial charge on any atom is 0.293 e. The highest BCUT2D eigenvalue weighted by atomic mass is 16.6. The van der Waals surface area contributed by atoms with Gasteiger partial charge in [-0.25, -0.2) is 10.3 Å². The van der Waals surface area contributed by atoms with Crippen LogP contribution < -0.4 is 10.3 Å². The van der Waals surface area contributed by atoms with E-state index in [2.05, 4.69) is 15.5 Å².